The maximum Gasteiger partial charge on any atom is 0.183 e. The Balaban J connectivity index is 3.32. The van der Waals surface area contributed by atoms with E-state index in [1.54, 1.807) is 6.92 Å². The molecule has 0 saturated carbocycles. The van der Waals surface area contributed by atoms with E-state index >= 15 is 0 Å². The van der Waals surface area contributed by atoms with Crippen molar-refractivity contribution in [3.8, 4) is 5.75 Å². The van der Waals surface area contributed by atoms with Crippen LogP contribution < -0.4 is 10.5 Å². The minimum Gasteiger partial charge on any atom is -0.494 e. The first-order valence-corrected chi connectivity index (χ1v) is 5.05. The van der Waals surface area contributed by atoms with E-state index in [4.69, 9.17) is 33.7 Å². The molecule has 0 aromatic heterocycles. The molecule has 1 aromatic rings. The Kier molecular flexibility index (Phi) is 3.97. The highest BCUT2D eigenvalue weighted by Crippen LogP contribution is 2.32. The molecular weight excluding hydrogens is 237 g/mol. The van der Waals surface area contributed by atoms with Gasteiger partial charge in [-0.05, 0) is 19.1 Å². The van der Waals surface area contributed by atoms with E-state index in [9.17, 15) is 4.79 Å². The van der Waals surface area contributed by atoms with Gasteiger partial charge in [-0.3, -0.25) is 4.79 Å². The lowest BCUT2D eigenvalue weighted by Gasteiger charge is -2.11. The number of hydrogen-bond donors (Lipinski definition) is 1. The third-order valence-electron chi connectivity index (χ3n) is 1.89. The molecule has 1 atom stereocenters. The van der Waals surface area contributed by atoms with Crippen LogP contribution in [0.2, 0.25) is 10.0 Å². The molecule has 0 aliphatic carbocycles. The molecule has 0 spiro atoms. The van der Waals surface area contributed by atoms with Crippen molar-refractivity contribution in [1.29, 1.82) is 0 Å². The zero-order chi connectivity index (χ0) is 11.6. The van der Waals surface area contributed by atoms with Crippen molar-refractivity contribution < 1.29 is 9.53 Å². The van der Waals surface area contributed by atoms with E-state index in [-0.39, 0.29) is 5.78 Å². The Hall–Kier alpha value is -0.770. The Morgan fingerprint density at radius 1 is 1.47 bits per heavy atom. The largest absolute Gasteiger partial charge is 0.494 e. The molecular formula is C10H11Cl2NO2. The molecule has 15 heavy (non-hydrogen) atoms. The first-order valence-electron chi connectivity index (χ1n) is 4.30. The third-order valence-corrected chi connectivity index (χ3v) is 2.39. The van der Waals surface area contributed by atoms with Gasteiger partial charge in [-0.1, -0.05) is 23.2 Å². The molecule has 0 aliphatic heterocycles. The first-order chi connectivity index (χ1) is 6.97. The molecule has 1 aromatic carbocycles. The Morgan fingerprint density at radius 3 is 2.53 bits per heavy atom. The second-order valence-corrected chi connectivity index (χ2v) is 3.96. The van der Waals surface area contributed by atoms with Crippen molar-refractivity contribution >= 4 is 29.0 Å². The maximum absolute atomic E-state index is 11.7. The molecule has 1 unspecified atom stereocenters. The number of ether oxygens (including phenoxy) is 1. The van der Waals surface area contributed by atoms with Gasteiger partial charge in [-0.2, -0.15) is 0 Å². The Morgan fingerprint density at radius 2 is 2.07 bits per heavy atom. The van der Waals surface area contributed by atoms with Crippen LogP contribution in [-0.4, -0.2) is 18.9 Å². The quantitative estimate of drug-likeness (QED) is 0.836. The highest BCUT2D eigenvalue weighted by atomic mass is 35.5. The molecule has 0 saturated heterocycles. The second-order valence-electron chi connectivity index (χ2n) is 3.12. The minimum absolute atomic E-state index is 0.253. The monoisotopic (exact) mass is 247 g/mol. The number of hydrogen-bond acceptors (Lipinski definition) is 3. The lowest BCUT2D eigenvalue weighted by atomic mass is 10.1. The molecule has 0 amide bonds. The van der Waals surface area contributed by atoms with E-state index in [0.29, 0.717) is 21.4 Å². The molecule has 82 valence electrons. The molecule has 0 radical (unpaired) electrons. The highest BCUT2D eigenvalue weighted by molar-refractivity contribution is 6.36. The predicted molar refractivity (Wildman–Crippen MR) is 61.0 cm³/mol. The Labute approximate surface area is 98.1 Å². The summed E-state index contributed by atoms with van der Waals surface area (Å²) in [4.78, 5) is 11.7. The van der Waals surface area contributed by atoms with Crippen LogP contribution in [0.3, 0.4) is 0 Å². The molecule has 3 nitrogen and oxygen atoms in total. The Bertz CT molecular complexity index is 391. The van der Waals surface area contributed by atoms with Gasteiger partial charge < -0.3 is 10.5 Å². The molecule has 0 fully saturated rings. The zero-order valence-electron chi connectivity index (χ0n) is 8.38. The van der Waals surface area contributed by atoms with Crippen molar-refractivity contribution in [1.82, 2.24) is 0 Å². The smallest absolute Gasteiger partial charge is 0.183 e. The van der Waals surface area contributed by atoms with Crippen LogP contribution in [0, 0.1) is 0 Å². The van der Waals surface area contributed by atoms with Crippen molar-refractivity contribution in [2.75, 3.05) is 7.11 Å². The molecule has 1 rings (SSSR count). The van der Waals surface area contributed by atoms with Crippen LogP contribution in [0.25, 0.3) is 0 Å². The predicted octanol–water partition coefficient (Wildman–Crippen LogP) is 2.53. The summed E-state index contributed by atoms with van der Waals surface area (Å²) in [6.07, 6.45) is 0. The van der Waals surface area contributed by atoms with Gasteiger partial charge in [0.1, 0.15) is 5.75 Å². The zero-order valence-corrected chi connectivity index (χ0v) is 9.89. The van der Waals surface area contributed by atoms with Crippen LogP contribution in [0.1, 0.15) is 17.3 Å². The van der Waals surface area contributed by atoms with Crippen molar-refractivity contribution in [2.45, 2.75) is 13.0 Å². The lowest BCUT2D eigenvalue weighted by molar-refractivity contribution is 0.0965. The number of carbonyl (C=O) groups excluding carboxylic acids is 1. The highest BCUT2D eigenvalue weighted by Gasteiger charge is 2.19. The third kappa shape index (κ3) is 2.62. The average Bonchev–Trinajstić information content (AvgIpc) is 2.15. The van der Waals surface area contributed by atoms with Crippen LogP contribution in [0.5, 0.6) is 5.75 Å². The topological polar surface area (TPSA) is 52.3 Å². The summed E-state index contributed by atoms with van der Waals surface area (Å²) in [5.41, 5.74) is 5.81. The number of methoxy groups -OCH3 is 1. The van der Waals surface area contributed by atoms with E-state index < -0.39 is 6.04 Å². The van der Waals surface area contributed by atoms with Crippen LogP contribution in [-0.2, 0) is 0 Å². The normalized spacial score (nSPS) is 12.3. The summed E-state index contributed by atoms with van der Waals surface area (Å²) in [6.45, 7) is 1.59. The summed E-state index contributed by atoms with van der Waals surface area (Å²) >= 11 is 11.7. The maximum atomic E-state index is 11.7. The van der Waals surface area contributed by atoms with Crippen molar-refractivity contribution in [3.05, 3.63) is 27.7 Å². The van der Waals surface area contributed by atoms with Gasteiger partial charge in [0.25, 0.3) is 0 Å². The molecule has 0 bridgehead atoms. The molecule has 0 heterocycles. The summed E-state index contributed by atoms with van der Waals surface area (Å²) in [5, 5.41) is 0.679. The fraction of sp³-hybridized carbons (Fsp3) is 0.300. The van der Waals surface area contributed by atoms with Gasteiger partial charge in [0, 0.05) is 5.02 Å². The second kappa shape index (κ2) is 4.84. The van der Waals surface area contributed by atoms with E-state index in [1.165, 1.54) is 19.2 Å². The number of Topliss-reactive ketones (excluding diaryl/α,β-unsaturated/α-hetero) is 1. The van der Waals surface area contributed by atoms with Crippen molar-refractivity contribution in [2.24, 2.45) is 5.73 Å². The number of nitrogens with two attached hydrogens (primary N) is 1. The van der Waals surface area contributed by atoms with Gasteiger partial charge in [0.05, 0.1) is 23.7 Å². The van der Waals surface area contributed by atoms with Gasteiger partial charge in [0.15, 0.2) is 5.78 Å². The molecule has 0 aliphatic rings. The SMILES string of the molecule is COc1c(Cl)cc(Cl)cc1C(=O)C(C)N. The number of halogens is 2. The lowest BCUT2D eigenvalue weighted by Crippen LogP contribution is -2.27. The summed E-state index contributed by atoms with van der Waals surface area (Å²) < 4.78 is 5.04. The van der Waals surface area contributed by atoms with Gasteiger partial charge in [-0.15, -0.1) is 0 Å². The number of carbonyl (C=O) groups is 1. The fourth-order valence-electron chi connectivity index (χ4n) is 1.20. The number of rotatable bonds is 3. The summed E-state index contributed by atoms with van der Waals surface area (Å²) in [7, 11) is 1.44. The molecule has 2 N–H and O–H groups in total. The standard InChI is InChI=1S/C10H11Cl2NO2/c1-5(13)9(14)7-3-6(11)4-8(12)10(7)15-2/h3-5H,13H2,1-2H3. The van der Waals surface area contributed by atoms with E-state index in [2.05, 4.69) is 0 Å². The van der Waals surface area contributed by atoms with Crippen LogP contribution in [0.15, 0.2) is 12.1 Å². The summed E-state index contributed by atoms with van der Waals surface area (Å²) in [6, 6.07) is 2.39. The molecule has 5 heteroatoms. The fourth-order valence-corrected chi connectivity index (χ4v) is 1.77. The first kappa shape index (κ1) is 12.3. The van der Waals surface area contributed by atoms with E-state index in [0.717, 1.165) is 0 Å². The van der Waals surface area contributed by atoms with Crippen LogP contribution in [0.4, 0.5) is 0 Å². The summed E-state index contributed by atoms with van der Waals surface area (Å²) in [5.74, 6) is 0.0552. The van der Waals surface area contributed by atoms with Gasteiger partial charge in [-0.25, -0.2) is 0 Å². The van der Waals surface area contributed by atoms with Crippen LogP contribution >= 0.6 is 23.2 Å². The minimum atomic E-state index is -0.617. The van der Waals surface area contributed by atoms with E-state index in [1.807, 2.05) is 0 Å². The van der Waals surface area contributed by atoms with Crippen molar-refractivity contribution in [3.63, 3.8) is 0 Å². The number of benzene rings is 1. The van der Waals surface area contributed by atoms with Gasteiger partial charge in [0.2, 0.25) is 0 Å². The number of ketones is 1. The average molecular weight is 248 g/mol. The van der Waals surface area contributed by atoms with Gasteiger partial charge >= 0.3 is 0 Å².